The van der Waals surface area contributed by atoms with Crippen LogP contribution in [0.4, 0.5) is 0 Å². The van der Waals surface area contributed by atoms with Gasteiger partial charge in [-0.25, -0.2) is 13.4 Å². The number of aliphatic hydroxyl groups is 1. The first kappa shape index (κ1) is 26.3. The van der Waals surface area contributed by atoms with E-state index in [1.807, 2.05) is 18.4 Å². The molecule has 0 amide bonds. The maximum atomic E-state index is 13.0. The first-order chi connectivity index (χ1) is 15.0. The van der Waals surface area contributed by atoms with E-state index in [0.29, 0.717) is 12.2 Å². The van der Waals surface area contributed by atoms with E-state index in [4.69, 9.17) is 11.6 Å². The second kappa shape index (κ2) is 11.3. The van der Waals surface area contributed by atoms with Crippen molar-refractivity contribution in [1.82, 2.24) is 13.9 Å². The molecule has 2 aromatic rings. The number of rotatable bonds is 12. The van der Waals surface area contributed by atoms with Crippen molar-refractivity contribution in [2.24, 2.45) is 5.92 Å². The molecule has 178 valence electrons. The van der Waals surface area contributed by atoms with Crippen LogP contribution in [-0.2, 0) is 34.4 Å². The fourth-order valence-electron chi connectivity index (χ4n) is 3.50. The molecule has 0 spiro atoms. The van der Waals surface area contributed by atoms with Crippen molar-refractivity contribution in [2.75, 3.05) is 7.05 Å². The molecule has 1 atom stereocenters. The minimum atomic E-state index is -3.98. The topological polar surface area (TPSA) is 113 Å². The highest BCUT2D eigenvalue weighted by molar-refractivity contribution is 7.89. The number of carboxylic acids is 1. The Hall–Kier alpha value is -1.94. The highest BCUT2D eigenvalue weighted by Crippen LogP contribution is 2.23. The second-order valence-electron chi connectivity index (χ2n) is 8.26. The SMILES string of the molecule is CCCCc1nc(Cl)c(CO)n1Cc1ccc(S(=O)(=O)N(C)[C@H](CC(C)C)C(=O)O)cc1. The molecule has 2 rings (SSSR count). The number of hydrogen-bond acceptors (Lipinski definition) is 5. The number of imidazole rings is 1. The number of nitrogens with zero attached hydrogens (tertiary/aromatic N) is 3. The van der Waals surface area contributed by atoms with Gasteiger partial charge in [-0.3, -0.25) is 4.79 Å². The van der Waals surface area contributed by atoms with Gasteiger partial charge in [0.1, 0.15) is 11.9 Å². The number of carboxylic acid groups (broad SMARTS) is 1. The largest absolute Gasteiger partial charge is 0.480 e. The standard InChI is InChI=1S/C22H32ClN3O5S/c1-5-6-7-20-24-21(23)19(14-27)26(20)13-16-8-10-17(11-9-16)32(30,31)25(4)18(22(28)29)12-15(2)3/h8-11,15,18,27H,5-7,12-14H2,1-4H3,(H,28,29)/t18-/m1/s1. The van der Waals surface area contributed by atoms with Crippen molar-refractivity contribution in [3.05, 3.63) is 46.5 Å². The van der Waals surface area contributed by atoms with Crippen molar-refractivity contribution in [3.63, 3.8) is 0 Å². The minimum Gasteiger partial charge on any atom is -0.480 e. The van der Waals surface area contributed by atoms with Gasteiger partial charge in [0.05, 0.1) is 17.2 Å². The molecule has 2 N–H and O–H groups in total. The van der Waals surface area contributed by atoms with E-state index in [1.165, 1.54) is 19.2 Å². The van der Waals surface area contributed by atoms with Gasteiger partial charge in [0.2, 0.25) is 10.0 Å². The lowest BCUT2D eigenvalue weighted by Crippen LogP contribution is -2.43. The van der Waals surface area contributed by atoms with Crippen LogP contribution in [0, 0.1) is 5.92 Å². The number of aromatic nitrogens is 2. The van der Waals surface area contributed by atoms with Gasteiger partial charge in [0, 0.05) is 20.0 Å². The number of halogens is 1. The number of benzene rings is 1. The lowest BCUT2D eigenvalue weighted by Gasteiger charge is -2.25. The number of aliphatic hydroxyl groups excluding tert-OH is 1. The van der Waals surface area contributed by atoms with Gasteiger partial charge in [-0.2, -0.15) is 4.31 Å². The molecular weight excluding hydrogens is 454 g/mol. The molecule has 0 aliphatic heterocycles. The number of carbonyl (C=O) groups is 1. The van der Waals surface area contributed by atoms with Crippen LogP contribution in [0.25, 0.3) is 0 Å². The summed E-state index contributed by atoms with van der Waals surface area (Å²) in [5.74, 6) is -0.370. The summed E-state index contributed by atoms with van der Waals surface area (Å²) >= 11 is 6.18. The number of sulfonamides is 1. The van der Waals surface area contributed by atoms with E-state index in [9.17, 15) is 23.4 Å². The maximum absolute atomic E-state index is 13.0. The van der Waals surface area contributed by atoms with E-state index in [2.05, 4.69) is 11.9 Å². The molecule has 0 radical (unpaired) electrons. The van der Waals surface area contributed by atoms with Crippen LogP contribution in [0.1, 0.15) is 57.1 Å². The molecule has 32 heavy (non-hydrogen) atoms. The van der Waals surface area contributed by atoms with Crippen molar-refractivity contribution >= 4 is 27.6 Å². The van der Waals surface area contributed by atoms with Crippen molar-refractivity contribution < 1.29 is 23.4 Å². The Bertz CT molecular complexity index is 1020. The van der Waals surface area contributed by atoms with Crippen LogP contribution in [0.5, 0.6) is 0 Å². The molecule has 8 nitrogen and oxygen atoms in total. The number of unbranched alkanes of at least 4 members (excludes halogenated alkanes) is 1. The monoisotopic (exact) mass is 485 g/mol. The van der Waals surface area contributed by atoms with Gasteiger partial charge in [-0.1, -0.05) is 50.9 Å². The first-order valence-corrected chi connectivity index (χ1v) is 12.5. The Morgan fingerprint density at radius 1 is 1.25 bits per heavy atom. The summed E-state index contributed by atoms with van der Waals surface area (Å²) in [7, 11) is -2.68. The van der Waals surface area contributed by atoms with Gasteiger partial charge in [-0.15, -0.1) is 0 Å². The fourth-order valence-corrected chi connectivity index (χ4v) is 5.09. The van der Waals surface area contributed by atoms with E-state index in [0.717, 1.165) is 35.0 Å². The zero-order valence-electron chi connectivity index (χ0n) is 19.0. The van der Waals surface area contributed by atoms with Crippen LogP contribution in [-0.4, -0.2) is 51.5 Å². The molecule has 0 saturated heterocycles. The number of aliphatic carboxylic acids is 1. The predicted octanol–water partition coefficient (Wildman–Crippen LogP) is 3.54. The van der Waals surface area contributed by atoms with Crippen LogP contribution in [0.3, 0.4) is 0 Å². The maximum Gasteiger partial charge on any atom is 0.322 e. The fraction of sp³-hybridized carbons (Fsp3) is 0.545. The minimum absolute atomic E-state index is 0.0241. The molecule has 0 fully saturated rings. The summed E-state index contributed by atoms with van der Waals surface area (Å²) in [6.45, 7) is 5.91. The number of aryl methyl sites for hydroxylation is 1. The average molecular weight is 486 g/mol. The first-order valence-electron chi connectivity index (χ1n) is 10.7. The Morgan fingerprint density at radius 2 is 1.88 bits per heavy atom. The normalized spacial score (nSPS) is 13.1. The van der Waals surface area contributed by atoms with Crippen LogP contribution in [0.2, 0.25) is 5.15 Å². The molecular formula is C22H32ClN3O5S. The molecule has 0 aliphatic carbocycles. The zero-order valence-corrected chi connectivity index (χ0v) is 20.5. The third kappa shape index (κ3) is 6.10. The molecule has 1 heterocycles. The van der Waals surface area contributed by atoms with E-state index < -0.39 is 22.0 Å². The van der Waals surface area contributed by atoms with Crippen LogP contribution < -0.4 is 0 Å². The molecule has 0 aliphatic rings. The van der Waals surface area contributed by atoms with Crippen molar-refractivity contribution in [1.29, 1.82) is 0 Å². The summed E-state index contributed by atoms with van der Waals surface area (Å²) < 4.78 is 28.8. The molecule has 0 bridgehead atoms. The van der Waals surface area contributed by atoms with Gasteiger partial charge in [0.15, 0.2) is 5.15 Å². The van der Waals surface area contributed by atoms with Gasteiger partial charge >= 0.3 is 5.97 Å². The Morgan fingerprint density at radius 3 is 2.38 bits per heavy atom. The summed E-state index contributed by atoms with van der Waals surface area (Å²) in [4.78, 5) is 16.0. The smallest absolute Gasteiger partial charge is 0.322 e. The summed E-state index contributed by atoms with van der Waals surface area (Å²) in [5, 5.41) is 19.5. The van der Waals surface area contributed by atoms with Gasteiger partial charge in [0.25, 0.3) is 0 Å². The second-order valence-corrected chi connectivity index (χ2v) is 10.6. The predicted molar refractivity (Wildman–Crippen MR) is 123 cm³/mol. The lowest BCUT2D eigenvalue weighted by molar-refractivity contribution is -0.141. The van der Waals surface area contributed by atoms with Crippen molar-refractivity contribution in [2.45, 2.75) is 70.5 Å². The Balaban J connectivity index is 2.29. The quantitative estimate of drug-likeness (QED) is 0.475. The Kier molecular flexibility index (Phi) is 9.27. The average Bonchev–Trinajstić information content (AvgIpc) is 3.03. The molecule has 0 saturated carbocycles. The van der Waals surface area contributed by atoms with Crippen molar-refractivity contribution in [3.8, 4) is 0 Å². The van der Waals surface area contributed by atoms with Crippen LogP contribution in [0.15, 0.2) is 29.2 Å². The van der Waals surface area contributed by atoms with Gasteiger partial charge < -0.3 is 14.8 Å². The molecule has 1 aromatic heterocycles. The highest BCUT2D eigenvalue weighted by Gasteiger charge is 2.33. The zero-order chi connectivity index (χ0) is 24.1. The van der Waals surface area contributed by atoms with Gasteiger partial charge in [-0.05, 0) is 36.5 Å². The highest BCUT2D eigenvalue weighted by atomic mass is 35.5. The van der Waals surface area contributed by atoms with Crippen LogP contribution >= 0.6 is 11.6 Å². The molecule has 10 heteroatoms. The van der Waals surface area contributed by atoms with E-state index in [1.54, 1.807) is 12.1 Å². The summed E-state index contributed by atoms with van der Waals surface area (Å²) in [6.07, 6.45) is 2.87. The third-order valence-corrected chi connectivity index (χ3v) is 7.55. The number of hydrogen-bond donors (Lipinski definition) is 2. The van der Waals surface area contributed by atoms with E-state index >= 15 is 0 Å². The molecule has 0 unspecified atom stereocenters. The molecule has 1 aromatic carbocycles. The lowest BCUT2D eigenvalue weighted by atomic mass is 10.0. The third-order valence-electron chi connectivity index (χ3n) is 5.37. The summed E-state index contributed by atoms with van der Waals surface area (Å²) in [5.41, 5.74) is 1.33. The van der Waals surface area contributed by atoms with E-state index in [-0.39, 0.29) is 29.0 Å². The summed E-state index contributed by atoms with van der Waals surface area (Å²) in [6, 6.07) is 5.16. The Labute approximate surface area is 194 Å². The number of likely N-dealkylation sites (N-methyl/N-ethyl adjacent to an activating group) is 1.